The fraction of sp³-hybridized carbons (Fsp3) is 0.500. The molecule has 19 heavy (non-hydrogen) atoms. The van der Waals surface area contributed by atoms with Gasteiger partial charge in [0.1, 0.15) is 5.82 Å². The van der Waals surface area contributed by atoms with Crippen molar-refractivity contribution in [3.05, 3.63) is 23.9 Å². The van der Waals surface area contributed by atoms with Crippen LogP contribution in [0.4, 0.5) is 19.0 Å². The molecule has 0 aliphatic rings. The molecule has 0 atom stereocenters. The number of nitrogens with one attached hydrogen (secondary N) is 2. The standard InChI is InChI=1S/C10H14F3N3O2S/c1-2-16-19(17,18)6-5-15-9-7-8(3-4-14-9)10(11,12)13/h3-4,7,16H,2,5-6H2,1H3,(H,14,15). The van der Waals surface area contributed by atoms with Gasteiger partial charge in [0.25, 0.3) is 0 Å². The van der Waals surface area contributed by atoms with Gasteiger partial charge in [0.15, 0.2) is 0 Å². The van der Waals surface area contributed by atoms with Crippen LogP contribution in [-0.4, -0.2) is 32.2 Å². The lowest BCUT2D eigenvalue weighted by Crippen LogP contribution is -2.29. The van der Waals surface area contributed by atoms with Gasteiger partial charge in [-0.25, -0.2) is 18.1 Å². The van der Waals surface area contributed by atoms with Gasteiger partial charge in [-0.2, -0.15) is 13.2 Å². The average Bonchev–Trinajstić information content (AvgIpc) is 2.28. The minimum absolute atomic E-state index is 0.0125. The number of pyridine rings is 1. The Kier molecular flexibility index (Phi) is 5.12. The quantitative estimate of drug-likeness (QED) is 0.834. The fourth-order valence-corrected chi connectivity index (χ4v) is 2.26. The number of halogens is 3. The zero-order valence-corrected chi connectivity index (χ0v) is 11.0. The van der Waals surface area contributed by atoms with E-state index in [-0.39, 0.29) is 24.7 Å². The molecule has 5 nitrogen and oxygen atoms in total. The number of rotatable bonds is 6. The molecule has 0 aliphatic carbocycles. The normalized spacial score (nSPS) is 12.4. The lowest BCUT2D eigenvalue weighted by Gasteiger charge is -2.10. The Hall–Kier alpha value is -1.35. The van der Waals surface area contributed by atoms with Crippen molar-refractivity contribution in [3.63, 3.8) is 0 Å². The lowest BCUT2D eigenvalue weighted by molar-refractivity contribution is -0.137. The molecule has 0 bridgehead atoms. The molecule has 0 fully saturated rings. The second-order valence-corrected chi connectivity index (χ2v) is 5.60. The summed E-state index contributed by atoms with van der Waals surface area (Å²) >= 11 is 0. The highest BCUT2D eigenvalue weighted by molar-refractivity contribution is 7.89. The molecule has 0 unspecified atom stereocenters. The van der Waals surface area contributed by atoms with Crippen LogP contribution < -0.4 is 10.0 Å². The van der Waals surface area contributed by atoms with E-state index in [2.05, 4.69) is 15.0 Å². The van der Waals surface area contributed by atoms with Gasteiger partial charge < -0.3 is 5.32 Å². The molecule has 1 aromatic heterocycles. The molecular formula is C10H14F3N3O2S. The van der Waals surface area contributed by atoms with E-state index >= 15 is 0 Å². The molecule has 2 N–H and O–H groups in total. The third-order valence-corrected chi connectivity index (χ3v) is 3.60. The maximum Gasteiger partial charge on any atom is 0.416 e. The lowest BCUT2D eigenvalue weighted by atomic mass is 10.2. The number of hydrogen-bond acceptors (Lipinski definition) is 4. The molecule has 0 radical (unpaired) electrons. The van der Waals surface area contributed by atoms with Gasteiger partial charge >= 0.3 is 6.18 Å². The minimum Gasteiger partial charge on any atom is -0.369 e. The third-order valence-electron chi connectivity index (χ3n) is 2.13. The average molecular weight is 297 g/mol. The first-order valence-electron chi connectivity index (χ1n) is 5.49. The molecule has 0 aliphatic heterocycles. The topological polar surface area (TPSA) is 71.1 Å². The van der Waals surface area contributed by atoms with Crippen molar-refractivity contribution in [2.45, 2.75) is 13.1 Å². The Balaban J connectivity index is 2.60. The van der Waals surface area contributed by atoms with E-state index in [9.17, 15) is 21.6 Å². The highest BCUT2D eigenvalue weighted by atomic mass is 32.2. The SMILES string of the molecule is CCNS(=O)(=O)CCNc1cc(C(F)(F)F)ccn1. The molecule has 1 heterocycles. The van der Waals surface area contributed by atoms with Gasteiger partial charge in [0.2, 0.25) is 10.0 Å². The van der Waals surface area contributed by atoms with Crippen molar-refractivity contribution in [2.75, 3.05) is 24.2 Å². The van der Waals surface area contributed by atoms with Crippen LogP contribution in [0.3, 0.4) is 0 Å². The number of hydrogen-bond donors (Lipinski definition) is 2. The van der Waals surface area contributed by atoms with Crippen LogP contribution in [0.25, 0.3) is 0 Å². The molecule has 0 saturated heterocycles. The smallest absolute Gasteiger partial charge is 0.369 e. The molecule has 108 valence electrons. The van der Waals surface area contributed by atoms with Crippen molar-refractivity contribution in [3.8, 4) is 0 Å². The van der Waals surface area contributed by atoms with Crippen molar-refractivity contribution < 1.29 is 21.6 Å². The summed E-state index contributed by atoms with van der Waals surface area (Å²) in [5.41, 5.74) is -0.834. The van der Waals surface area contributed by atoms with Crippen LogP contribution in [-0.2, 0) is 16.2 Å². The van der Waals surface area contributed by atoms with Gasteiger partial charge in [0.05, 0.1) is 11.3 Å². The van der Waals surface area contributed by atoms with E-state index in [4.69, 9.17) is 0 Å². The highest BCUT2D eigenvalue weighted by Crippen LogP contribution is 2.29. The molecule has 0 saturated carbocycles. The van der Waals surface area contributed by atoms with Crippen molar-refractivity contribution in [1.29, 1.82) is 0 Å². The van der Waals surface area contributed by atoms with Crippen molar-refractivity contribution in [2.24, 2.45) is 0 Å². The fourth-order valence-electron chi connectivity index (χ4n) is 1.31. The molecular weight excluding hydrogens is 283 g/mol. The summed E-state index contributed by atoms with van der Waals surface area (Å²) in [5.74, 6) is -0.250. The number of aromatic nitrogens is 1. The Morgan fingerprint density at radius 1 is 1.37 bits per heavy atom. The zero-order valence-electron chi connectivity index (χ0n) is 10.2. The van der Waals surface area contributed by atoms with Crippen LogP contribution >= 0.6 is 0 Å². The first-order valence-corrected chi connectivity index (χ1v) is 7.14. The van der Waals surface area contributed by atoms with Crippen LogP contribution in [0.5, 0.6) is 0 Å². The van der Waals surface area contributed by atoms with Gasteiger partial charge in [-0.05, 0) is 12.1 Å². The Bertz CT molecular complexity index is 517. The summed E-state index contributed by atoms with van der Waals surface area (Å²) in [6.45, 7) is 1.88. The van der Waals surface area contributed by atoms with E-state index in [0.29, 0.717) is 0 Å². The van der Waals surface area contributed by atoms with Gasteiger partial charge in [-0.3, -0.25) is 0 Å². The predicted octanol–water partition coefficient (Wildman–Crippen LogP) is 1.45. The summed E-state index contributed by atoms with van der Waals surface area (Å²) < 4.78 is 62.1. The summed E-state index contributed by atoms with van der Waals surface area (Å²) in [5, 5.41) is 2.54. The second kappa shape index (κ2) is 6.20. The van der Waals surface area contributed by atoms with E-state index < -0.39 is 21.8 Å². The largest absolute Gasteiger partial charge is 0.416 e. The Labute approximate surface area is 109 Å². The summed E-state index contributed by atoms with van der Waals surface area (Å²) in [6, 6.07) is 1.68. The molecule has 0 spiro atoms. The van der Waals surface area contributed by atoms with E-state index in [0.717, 1.165) is 18.3 Å². The van der Waals surface area contributed by atoms with Crippen LogP contribution in [0.1, 0.15) is 12.5 Å². The first kappa shape index (κ1) is 15.7. The number of nitrogens with zero attached hydrogens (tertiary/aromatic N) is 1. The maximum absolute atomic E-state index is 12.4. The van der Waals surface area contributed by atoms with E-state index in [1.165, 1.54) is 0 Å². The number of anilines is 1. The van der Waals surface area contributed by atoms with Gasteiger partial charge in [0, 0.05) is 19.3 Å². The van der Waals surface area contributed by atoms with Gasteiger partial charge in [-0.15, -0.1) is 0 Å². The zero-order chi connectivity index (χ0) is 14.5. The van der Waals surface area contributed by atoms with Crippen LogP contribution in [0, 0.1) is 0 Å². The number of alkyl halides is 3. The van der Waals surface area contributed by atoms with E-state index in [1.807, 2.05) is 0 Å². The monoisotopic (exact) mass is 297 g/mol. The minimum atomic E-state index is -4.45. The third kappa shape index (κ3) is 5.43. The Morgan fingerprint density at radius 3 is 2.63 bits per heavy atom. The van der Waals surface area contributed by atoms with Gasteiger partial charge in [-0.1, -0.05) is 6.92 Å². The number of sulfonamides is 1. The summed E-state index contributed by atoms with van der Waals surface area (Å²) in [6.07, 6.45) is -3.43. The maximum atomic E-state index is 12.4. The van der Waals surface area contributed by atoms with Crippen LogP contribution in [0.2, 0.25) is 0 Å². The summed E-state index contributed by atoms with van der Waals surface area (Å²) in [4.78, 5) is 3.69. The molecule has 1 rings (SSSR count). The van der Waals surface area contributed by atoms with E-state index in [1.54, 1.807) is 6.92 Å². The van der Waals surface area contributed by atoms with Crippen LogP contribution in [0.15, 0.2) is 18.3 Å². The first-order chi connectivity index (χ1) is 8.74. The highest BCUT2D eigenvalue weighted by Gasteiger charge is 2.30. The van der Waals surface area contributed by atoms with Crippen molar-refractivity contribution >= 4 is 15.8 Å². The molecule has 9 heteroatoms. The summed E-state index contributed by atoms with van der Waals surface area (Å²) in [7, 11) is -3.40. The molecule has 1 aromatic rings. The predicted molar refractivity (Wildman–Crippen MR) is 65.2 cm³/mol. The van der Waals surface area contributed by atoms with Crippen molar-refractivity contribution in [1.82, 2.24) is 9.71 Å². The second-order valence-electron chi connectivity index (χ2n) is 3.67. The molecule has 0 amide bonds. The molecule has 0 aromatic carbocycles. The Morgan fingerprint density at radius 2 is 2.05 bits per heavy atom.